The molecule has 3 rings (SSSR count). The Morgan fingerprint density at radius 3 is 2.84 bits per heavy atom. The van der Waals surface area contributed by atoms with E-state index in [4.69, 9.17) is 0 Å². The number of amides is 2. The first-order valence-electron chi connectivity index (χ1n) is 8.74. The van der Waals surface area contributed by atoms with E-state index in [2.05, 4.69) is 15.7 Å². The molecule has 2 amide bonds. The maximum absolute atomic E-state index is 12.5. The topological polar surface area (TPSA) is 76.0 Å². The molecular formula is C19H24N4O2. The summed E-state index contributed by atoms with van der Waals surface area (Å²) in [5, 5.41) is 10.1. The number of benzene rings is 1. The van der Waals surface area contributed by atoms with Crippen LogP contribution in [0.3, 0.4) is 0 Å². The van der Waals surface area contributed by atoms with E-state index in [1.54, 1.807) is 11.7 Å². The first-order chi connectivity index (χ1) is 12.0. The maximum atomic E-state index is 12.5. The lowest BCUT2D eigenvalue weighted by Gasteiger charge is -2.11. The van der Waals surface area contributed by atoms with E-state index in [-0.39, 0.29) is 18.2 Å². The first-order valence-corrected chi connectivity index (χ1v) is 8.74. The van der Waals surface area contributed by atoms with Crippen LogP contribution >= 0.6 is 0 Å². The Morgan fingerprint density at radius 2 is 2.04 bits per heavy atom. The van der Waals surface area contributed by atoms with Crippen molar-refractivity contribution in [1.82, 2.24) is 15.1 Å². The predicted octanol–water partition coefficient (Wildman–Crippen LogP) is 2.37. The van der Waals surface area contributed by atoms with Crippen molar-refractivity contribution < 1.29 is 9.59 Å². The summed E-state index contributed by atoms with van der Waals surface area (Å²) in [6, 6.07) is 7.65. The molecule has 1 heterocycles. The second-order valence-electron chi connectivity index (χ2n) is 6.53. The van der Waals surface area contributed by atoms with E-state index < -0.39 is 0 Å². The second kappa shape index (κ2) is 7.51. The minimum atomic E-state index is -0.151. The van der Waals surface area contributed by atoms with E-state index in [1.165, 1.54) is 0 Å². The van der Waals surface area contributed by atoms with Crippen molar-refractivity contribution in [3.8, 4) is 0 Å². The number of carbonyl (C=O) groups is 2. The van der Waals surface area contributed by atoms with Gasteiger partial charge in [-0.2, -0.15) is 5.10 Å². The Bertz CT molecular complexity index is 795. The van der Waals surface area contributed by atoms with Crippen LogP contribution in [-0.2, 0) is 24.7 Å². The number of hydrogen-bond acceptors (Lipinski definition) is 3. The average Bonchev–Trinajstić information content (AvgIpc) is 2.90. The third-order valence-electron chi connectivity index (χ3n) is 4.47. The second-order valence-corrected chi connectivity index (χ2v) is 6.53. The summed E-state index contributed by atoms with van der Waals surface area (Å²) in [6.45, 7) is 2.28. The molecule has 0 bridgehead atoms. The Kier molecular flexibility index (Phi) is 5.16. The Labute approximate surface area is 147 Å². The Balaban J connectivity index is 1.53. The molecule has 1 aliphatic carbocycles. The van der Waals surface area contributed by atoms with Crippen LogP contribution < -0.4 is 10.6 Å². The molecule has 25 heavy (non-hydrogen) atoms. The molecule has 6 heteroatoms. The number of carbonyl (C=O) groups excluding carboxylic acids is 2. The zero-order valence-electron chi connectivity index (χ0n) is 14.8. The van der Waals surface area contributed by atoms with Crippen LogP contribution in [0.25, 0.3) is 0 Å². The zero-order chi connectivity index (χ0) is 17.8. The van der Waals surface area contributed by atoms with Crippen molar-refractivity contribution in [3.05, 3.63) is 46.8 Å². The van der Waals surface area contributed by atoms with Gasteiger partial charge in [0.15, 0.2) is 0 Å². The van der Waals surface area contributed by atoms with Crippen LogP contribution in [0.1, 0.15) is 46.6 Å². The van der Waals surface area contributed by atoms with Crippen molar-refractivity contribution in [2.45, 2.75) is 39.0 Å². The fourth-order valence-electron chi connectivity index (χ4n) is 3.28. The molecule has 132 valence electrons. The number of rotatable bonds is 5. The molecule has 6 nitrogen and oxygen atoms in total. The molecular weight excluding hydrogens is 316 g/mol. The van der Waals surface area contributed by atoms with Gasteiger partial charge in [0, 0.05) is 31.3 Å². The fourth-order valence-corrected chi connectivity index (χ4v) is 3.28. The summed E-state index contributed by atoms with van der Waals surface area (Å²) in [5.41, 5.74) is 4.60. The predicted molar refractivity (Wildman–Crippen MR) is 96.6 cm³/mol. The molecule has 0 aliphatic heterocycles. The van der Waals surface area contributed by atoms with Crippen molar-refractivity contribution >= 4 is 17.5 Å². The lowest BCUT2D eigenvalue weighted by atomic mass is 9.95. The molecule has 1 aliphatic rings. The van der Waals surface area contributed by atoms with Crippen molar-refractivity contribution in [2.24, 2.45) is 7.05 Å². The fraction of sp³-hybridized carbons (Fsp3) is 0.421. The molecule has 0 fully saturated rings. The average molecular weight is 340 g/mol. The minimum absolute atomic E-state index is 0.113. The minimum Gasteiger partial charge on any atom is -0.350 e. The number of hydrogen-bond donors (Lipinski definition) is 2. The molecule has 0 atom stereocenters. The van der Waals surface area contributed by atoms with Gasteiger partial charge in [-0.3, -0.25) is 14.3 Å². The van der Waals surface area contributed by atoms with Gasteiger partial charge in [0.25, 0.3) is 5.91 Å². The standard InChI is InChI=1S/C19H24N4O2/c1-13-6-5-7-14(12-13)21-17(24)10-11-20-19(25)18-15-8-3-4-9-16(15)22-23(18)2/h5-7,12H,3-4,8-11H2,1-2H3,(H,20,25)(H,21,24). The quantitative estimate of drug-likeness (QED) is 0.877. The van der Waals surface area contributed by atoms with Gasteiger partial charge in [0.05, 0.1) is 5.69 Å². The van der Waals surface area contributed by atoms with E-state index >= 15 is 0 Å². The van der Waals surface area contributed by atoms with Crippen LogP contribution in [0.4, 0.5) is 5.69 Å². The van der Waals surface area contributed by atoms with E-state index in [9.17, 15) is 9.59 Å². The number of aryl methyl sites for hydroxylation is 3. The van der Waals surface area contributed by atoms with Gasteiger partial charge in [-0.15, -0.1) is 0 Å². The number of anilines is 1. The monoisotopic (exact) mass is 340 g/mol. The summed E-state index contributed by atoms with van der Waals surface area (Å²) in [4.78, 5) is 24.5. The summed E-state index contributed by atoms with van der Waals surface area (Å²) >= 11 is 0. The molecule has 2 N–H and O–H groups in total. The van der Waals surface area contributed by atoms with E-state index in [1.807, 2.05) is 31.2 Å². The highest BCUT2D eigenvalue weighted by molar-refractivity contribution is 5.95. The van der Waals surface area contributed by atoms with Gasteiger partial charge in [0.2, 0.25) is 5.91 Å². The van der Waals surface area contributed by atoms with E-state index in [0.29, 0.717) is 12.2 Å². The number of nitrogens with one attached hydrogen (secondary N) is 2. The normalized spacial score (nSPS) is 13.2. The Morgan fingerprint density at radius 1 is 1.24 bits per heavy atom. The highest BCUT2D eigenvalue weighted by Gasteiger charge is 2.23. The van der Waals surface area contributed by atoms with Gasteiger partial charge < -0.3 is 10.6 Å². The van der Waals surface area contributed by atoms with E-state index in [0.717, 1.165) is 48.2 Å². The molecule has 0 saturated carbocycles. The number of fused-ring (bicyclic) bond motifs is 1. The van der Waals surface area contributed by atoms with Crippen LogP contribution in [-0.4, -0.2) is 28.1 Å². The molecule has 0 unspecified atom stereocenters. The van der Waals surface area contributed by atoms with Crippen LogP contribution in [0.2, 0.25) is 0 Å². The van der Waals surface area contributed by atoms with Gasteiger partial charge in [-0.25, -0.2) is 0 Å². The number of aromatic nitrogens is 2. The van der Waals surface area contributed by atoms with Crippen LogP contribution in [0.15, 0.2) is 24.3 Å². The van der Waals surface area contributed by atoms with Crippen molar-refractivity contribution in [3.63, 3.8) is 0 Å². The van der Waals surface area contributed by atoms with Crippen LogP contribution in [0, 0.1) is 6.92 Å². The summed E-state index contributed by atoms with van der Waals surface area (Å²) in [6.07, 6.45) is 4.30. The molecule has 0 saturated heterocycles. The van der Waals surface area contributed by atoms with Gasteiger partial charge >= 0.3 is 0 Å². The third kappa shape index (κ3) is 4.07. The van der Waals surface area contributed by atoms with Crippen LogP contribution in [0.5, 0.6) is 0 Å². The lowest BCUT2D eigenvalue weighted by molar-refractivity contribution is -0.116. The molecule has 2 aromatic rings. The Hall–Kier alpha value is -2.63. The third-order valence-corrected chi connectivity index (χ3v) is 4.47. The van der Waals surface area contributed by atoms with Gasteiger partial charge in [0.1, 0.15) is 5.69 Å². The zero-order valence-corrected chi connectivity index (χ0v) is 14.8. The summed E-state index contributed by atoms with van der Waals surface area (Å²) in [7, 11) is 1.80. The first kappa shape index (κ1) is 17.2. The lowest BCUT2D eigenvalue weighted by Crippen LogP contribution is -2.30. The molecule has 0 radical (unpaired) electrons. The summed E-state index contributed by atoms with van der Waals surface area (Å²) in [5.74, 6) is -0.264. The molecule has 1 aromatic carbocycles. The SMILES string of the molecule is Cc1cccc(NC(=O)CCNC(=O)c2c3c(nn2C)CCCC3)c1. The molecule has 1 aromatic heterocycles. The highest BCUT2D eigenvalue weighted by Crippen LogP contribution is 2.23. The largest absolute Gasteiger partial charge is 0.350 e. The van der Waals surface area contributed by atoms with Crippen molar-refractivity contribution in [2.75, 3.05) is 11.9 Å². The van der Waals surface area contributed by atoms with Gasteiger partial charge in [-0.1, -0.05) is 12.1 Å². The highest BCUT2D eigenvalue weighted by atomic mass is 16.2. The molecule has 0 spiro atoms. The smallest absolute Gasteiger partial charge is 0.269 e. The number of nitrogens with zero attached hydrogens (tertiary/aromatic N) is 2. The van der Waals surface area contributed by atoms with Gasteiger partial charge in [-0.05, 0) is 50.3 Å². The maximum Gasteiger partial charge on any atom is 0.269 e. The summed E-state index contributed by atoms with van der Waals surface area (Å²) < 4.78 is 1.66. The van der Waals surface area contributed by atoms with Crippen molar-refractivity contribution in [1.29, 1.82) is 0 Å².